The molecular weight excluding hydrogens is 251 g/mol. The molecule has 76 valence electrons. The molecule has 0 aliphatic rings. The SMILES string of the molecule is CC(=O)C[C@@H](O)c1c(F)cccc1Br. The Kier molecular flexibility index (Phi) is 3.77. The normalized spacial score (nSPS) is 12.6. The number of carbonyl (C=O) groups is 1. The van der Waals surface area contributed by atoms with E-state index in [0.717, 1.165) is 0 Å². The zero-order valence-electron chi connectivity index (χ0n) is 7.63. The summed E-state index contributed by atoms with van der Waals surface area (Å²) in [5, 5.41) is 9.56. The van der Waals surface area contributed by atoms with Crippen molar-refractivity contribution >= 4 is 21.7 Å². The van der Waals surface area contributed by atoms with Crippen LogP contribution in [-0.4, -0.2) is 10.9 Å². The molecule has 0 amide bonds. The molecule has 1 aromatic carbocycles. The van der Waals surface area contributed by atoms with Crippen molar-refractivity contribution in [2.75, 3.05) is 0 Å². The average molecular weight is 261 g/mol. The zero-order chi connectivity index (χ0) is 10.7. The third-order valence-corrected chi connectivity index (χ3v) is 2.51. The summed E-state index contributed by atoms with van der Waals surface area (Å²) in [6.45, 7) is 1.36. The molecule has 14 heavy (non-hydrogen) atoms. The summed E-state index contributed by atoms with van der Waals surface area (Å²) in [6.07, 6.45) is -1.15. The van der Waals surface area contributed by atoms with Gasteiger partial charge in [0.05, 0.1) is 6.10 Å². The van der Waals surface area contributed by atoms with Crippen molar-refractivity contribution in [2.45, 2.75) is 19.4 Å². The molecule has 1 rings (SSSR count). The monoisotopic (exact) mass is 260 g/mol. The van der Waals surface area contributed by atoms with Crippen LogP contribution in [0.25, 0.3) is 0 Å². The van der Waals surface area contributed by atoms with E-state index in [1.54, 1.807) is 6.07 Å². The highest BCUT2D eigenvalue weighted by Crippen LogP contribution is 2.28. The molecule has 0 aliphatic carbocycles. The summed E-state index contributed by atoms with van der Waals surface area (Å²) >= 11 is 3.13. The van der Waals surface area contributed by atoms with Crippen LogP contribution in [0.3, 0.4) is 0 Å². The second-order valence-electron chi connectivity index (χ2n) is 3.06. The van der Waals surface area contributed by atoms with E-state index in [4.69, 9.17) is 0 Å². The predicted octanol–water partition coefficient (Wildman–Crippen LogP) is 2.60. The van der Waals surface area contributed by atoms with Crippen LogP contribution in [0.1, 0.15) is 25.0 Å². The summed E-state index contributed by atoms with van der Waals surface area (Å²) in [7, 11) is 0. The molecule has 1 N–H and O–H groups in total. The van der Waals surface area contributed by atoms with E-state index < -0.39 is 11.9 Å². The fraction of sp³-hybridized carbons (Fsp3) is 0.300. The Labute approximate surface area is 89.9 Å². The fourth-order valence-electron chi connectivity index (χ4n) is 1.20. The number of aliphatic hydroxyl groups is 1. The van der Waals surface area contributed by atoms with Gasteiger partial charge in [0.15, 0.2) is 0 Å². The van der Waals surface area contributed by atoms with Crippen LogP contribution in [0.4, 0.5) is 4.39 Å². The molecule has 1 atom stereocenters. The fourth-order valence-corrected chi connectivity index (χ4v) is 1.81. The van der Waals surface area contributed by atoms with Crippen molar-refractivity contribution in [3.05, 3.63) is 34.1 Å². The molecule has 0 spiro atoms. The number of carbonyl (C=O) groups excluding carboxylic acids is 1. The van der Waals surface area contributed by atoms with Gasteiger partial charge in [-0.05, 0) is 19.1 Å². The minimum Gasteiger partial charge on any atom is -0.388 e. The highest BCUT2D eigenvalue weighted by atomic mass is 79.9. The number of ketones is 1. The first-order chi connectivity index (χ1) is 6.52. The lowest BCUT2D eigenvalue weighted by molar-refractivity contribution is -0.118. The van der Waals surface area contributed by atoms with Crippen LogP contribution in [-0.2, 0) is 4.79 Å². The van der Waals surface area contributed by atoms with Crippen LogP contribution in [0.2, 0.25) is 0 Å². The van der Waals surface area contributed by atoms with Crippen molar-refractivity contribution in [3.8, 4) is 0 Å². The summed E-state index contributed by atoms with van der Waals surface area (Å²) in [6, 6.07) is 4.41. The summed E-state index contributed by atoms with van der Waals surface area (Å²) in [5.74, 6) is -0.680. The number of hydrogen-bond donors (Lipinski definition) is 1. The molecule has 4 heteroatoms. The molecule has 0 heterocycles. The van der Waals surface area contributed by atoms with Crippen LogP contribution in [0, 0.1) is 5.82 Å². The largest absolute Gasteiger partial charge is 0.388 e. The Morgan fingerprint density at radius 3 is 2.79 bits per heavy atom. The van der Waals surface area contributed by atoms with Gasteiger partial charge in [-0.25, -0.2) is 4.39 Å². The lowest BCUT2D eigenvalue weighted by atomic mass is 10.0. The molecule has 2 nitrogen and oxygen atoms in total. The number of hydrogen-bond acceptors (Lipinski definition) is 2. The van der Waals surface area contributed by atoms with Gasteiger partial charge >= 0.3 is 0 Å². The molecule has 0 fully saturated rings. The standard InChI is InChI=1S/C10H10BrFO2/c1-6(13)5-9(14)10-7(11)3-2-4-8(10)12/h2-4,9,14H,5H2,1H3/t9-/m1/s1. The molecular formula is C10H10BrFO2. The van der Waals surface area contributed by atoms with Crippen LogP contribution < -0.4 is 0 Å². The van der Waals surface area contributed by atoms with E-state index in [2.05, 4.69) is 15.9 Å². The van der Waals surface area contributed by atoms with Gasteiger partial charge in [0.1, 0.15) is 11.6 Å². The van der Waals surface area contributed by atoms with Gasteiger partial charge in [0.2, 0.25) is 0 Å². The van der Waals surface area contributed by atoms with E-state index in [1.165, 1.54) is 19.1 Å². The lowest BCUT2D eigenvalue weighted by Gasteiger charge is -2.11. The second-order valence-corrected chi connectivity index (χ2v) is 3.91. The van der Waals surface area contributed by atoms with Crippen LogP contribution in [0.15, 0.2) is 22.7 Å². The highest BCUT2D eigenvalue weighted by molar-refractivity contribution is 9.10. The Morgan fingerprint density at radius 1 is 1.64 bits per heavy atom. The summed E-state index contributed by atoms with van der Waals surface area (Å²) < 4.78 is 13.7. The van der Waals surface area contributed by atoms with Crippen molar-refractivity contribution in [1.82, 2.24) is 0 Å². The first-order valence-electron chi connectivity index (χ1n) is 4.13. The zero-order valence-corrected chi connectivity index (χ0v) is 9.21. The van der Waals surface area contributed by atoms with Crippen molar-refractivity contribution in [1.29, 1.82) is 0 Å². The highest BCUT2D eigenvalue weighted by Gasteiger charge is 2.17. The van der Waals surface area contributed by atoms with E-state index in [9.17, 15) is 14.3 Å². The second kappa shape index (κ2) is 4.66. The van der Waals surface area contributed by atoms with Gasteiger partial charge in [0, 0.05) is 16.5 Å². The predicted molar refractivity (Wildman–Crippen MR) is 54.4 cm³/mol. The first-order valence-corrected chi connectivity index (χ1v) is 4.93. The van der Waals surface area contributed by atoms with Gasteiger partial charge < -0.3 is 5.11 Å². The number of rotatable bonds is 3. The molecule has 0 unspecified atom stereocenters. The van der Waals surface area contributed by atoms with Gasteiger partial charge in [-0.15, -0.1) is 0 Å². The third kappa shape index (κ3) is 2.62. The van der Waals surface area contributed by atoms with Gasteiger partial charge in [-0.2, -0.15) is 0 Å². The first kappa shape index (κ1) is 11.3. The Morgan fingerprint density at radius 2 is 2.29 bits per heavy atom. The minimum atomic E-state index is -1.08. The summed E-state index contributed by atoms with van der Waals surface area (Å²) in [4.78, 5) is 10.8. The van der Waals surface area contributed by atoms with Crippen molar-refractivity contribution in [3.63, 3.8) is 0 Å². The minimum absolute atomic E-state index is 0.0699. The molecule has 0 saturated heterocycles. The maximum Gasteiger partial charge on any atom is 0.132 e. The number of Topliss-reactive ketones (excluding diaryl/α,β-unsaturated/α-hetero) is 1. The maximum atomic E-state index is 13.2. The van der Waals surface area contributed by atoms with Crippen LogP contribution >= 0.6 is 15.9 Å². The van der Waals surface area contributed by atoms with Crippen LogP contribution in [0.5, 0.6) is 0 Å². The van der Waals surface area contributed by atoms with Crippen molar-refractivity contribution < 1.29 is 14.3 Å². The lowest BCUT2D eigenvalue weighted by Crippen LogP contribution is -2.06. The quantitative estimate of drug-likeness (QED) is 0.908. The van der Waals surface area contributed by atoms with E-state index >= 15 is 0 Å². The number of halogens is 2. The van der Waals surface area contributed by atoms with E-state index in [-0.39, 0.29) is 17.8 Å². The molecule has 1 aromatic rings. The maximum absolute atomic E-state index is 13.2. The van der Waals surface area contributed by atoms with Gasteiger partial charge in [0.25, 0.3) is 0 Å². The topological polar surface area (TPSA) is 37.3 Å². The average Bonchev–Trinajstić information content (AvgIpc) is 2.01. The molecule has 0 aliphatic heterocycles. The molecule has 0 saturated carbocycles. The molecule has 0 radical (unpaired) electrons. The number of benzene rings is 1. The van der Waals surface area contributed by atoms with E-state index in [0.29, 0.717) is 4.47 Å². The Hall–Kier alpha value is -0.740. The van der Waals surface area contributed by atoms with Gasteiger partial charge in [-0.1, -0.05) is 22.0 Å². The third-order valence-electron chi connectivity index (χ3n) is 1.81. The van der Waals surface area contributed by atoms with E-state index in [1.807, 2.05) is 0 Å². The molecule has 0 aromatic heterocycles. The number of aliphatic hydroxyl groups excluding tert-OH is 1. The molecule has 0 bridgehead atoms. The Bertz CT molecular complexity index is 332. The summed E-state index contributed by atoms with van der Waals surface area (Å²) in [5.41, 5.74) is 0.141. The smallest absolute Gasteiger partial charge is 0.132 e. The Balaban J connectivity index is 2.99. The van der Waals surface area contributed by atoms with Gasteiger partial charge in [-0.3, -0.25) is 4.79 Å². The van der Waals surface area contributed by atoms with Crippen molar-refractivity contribution in [2.24, 2.45) is 0 Å².